The van der Waals surface area contributed by atoms with Gasteiger partial charge in [0.05, 0.1) is 5.69 Å². The zero-order valence-electron chi connectivity index (χ0n) is 8.80. The molecule has 0 radical (unpaired) electrons. The molecule has 2 nitrogen and oxygen atoms in total. The molecule has 0 N–H and O–H groups in total. The number of rotatable bonds is 1. The summed E-state index contributed by atoms with van der Waals surface area (Å²) in [6, 6.07) is 0. The maximum atomic E-state index is 4.68. The lowest BCUT2D eigenvalue weighted by Gasteiger charge is -2.20. The van der Waals surface area contributed by atoms with Crippen molar-refractivity contribution in [1.29, 1.82) is 0 Å². The van der Waals surface area contributed by atoms with Crippen LogP contribution in [-0.4, -0.2) is 9.55 Å². The van der Waals surface area contributed by atoms with Crippen LogP contribution in [0.25, 0.3) is 0 Å². The van der Waals surface area contributed by atoms with Gasteiger partial charge in [0.2, 0.25) is 0 Å². The van der Waals surface area contributed by atoms with Crippen molar-refractivity contribution in [2.45, 2.75) is 46.6 Å². The molecule has 0 spiro atoms. The number of aryl methyl sites for hydroxylation is 1. The second-order valence-electron chi connectivity index (χ2n) is 4.16. The van der Waals surface area contributed by atoms with E-state index in [9.17, 15) is 0 Å². The third-order valence-electron chi connectivity index (χ3n) is 3.11. The predicted octanol–water partition coefficient (Wildman–Crippen LogP) is 2.34. The topological polar surface area (TPSA) is 17.8 Å². The van der Waals surface area contributed by atoms with Gasteiger partial charge in [0.25, 0.3) is 0 Å². The van der Waals surface area contributed by atoms with Crippen molar-refractivity contribution in [2.24, 2.45) is 5.92 Å². The maximum absolute atomic E-state index is 4.68. The standard InChI is InChI=1S/C11H18N2/c1-4-10-9(3)13-6-5-8(2)7-11(13)12-10/h8H,4-7H2,1-3H3. The Morgan fingerprint density at radius 3 is 3.00 bits per heavy atom. The van der Waals surface area contributed by atoms with E-state index in [0.29, 0.717) is 0 Å². The molecular formula is C11H18N2. The van der Waals surface area contributed by atoms with E-state index < -0.39 is 0 Å². The van der Waals surface area contributed by atoms with Crippen LogP contribution < -0.4 is 0 Å². The molecular weight excluding hydrogens is 160 g/mol. The summed E-state index contributed by atoms with van der Waals surface area (Å²) in [4.78, 5) is 4.68. The number of imidazole rings is 1. The van der Waals surface area contributed by atoms with Gasteiger partial charge in [0.1, 0.15) is 5.82 Å². The lowest BCUT2D eigenvalue weighted by Crippen LogP contribution is -2.17. The van der Waals surface area contributed by atoms with Gasteiger partial charge < -0.3 is 4.57 Å². The van der Waals surface area contributed by atoms with E-state index in [1.165, 1.54) is 36.6 Å². The first kappa shape index (κ1) is 8.79. The van der Waals surface area contributed by atoms with E-state index in [2.05, 4.69) is 30.3 Å². The molecule has 0 bridgehead atoms. The molecule has 0 aliphatic carbocycles. The summed E-state index contributed by atoms with van der Waals surface area (Å²) in [6.07, 6.45) is 3.55. The molecule has 1 aromatic rings. The zero-order valence-corrected chi connectivity index (χ0v) is 8.80. The summed E-state index contributed by atoms with van der Waals surface area (Å²) in [5.74, 6) is 2.13. The summed E-state index contributed by atoms with van der Waals surface area (Å²) >= 11 is 0. The van der Waals surface area contributed by atoms with Crippen LogP contribution in [0.2, 0.25) is 0 Å². The quantitative estimate of drug-likeness (QED) is 0.645. The Labute approximate surface area is 80.0 Å². The predicted molar refractivity (Wildman–Crippen MR) is 53.8 cm³/mol. The highest BCUT2D eigenvalue weighted by molar-refractivity contribution is 5.17. The Balaban J connectivity index is 2.39. The monoisotopic (exact) mass is 178 g/mol. The highest BCUT2D eigenvalue weighted by Crippen LogP contribution is 2.22. The fourth-order valence-electron chi connectivity index (χ4n) is 2.20. The van der Waals surface area contributed by atoms with Gasteiger partial charge in [-0.05, 0) is 25.7 Å². The van der Waals surface area contributed by atoms with Crippen molar-refractivity contribution in [2.75, 3.05) is 0 Å². The number of hydrogen-bond donors (Lipinski definition) is 0. The molecule has 1 aromatic heterocycles. The van der Waals surface area contributed by atoms with E-state index in [4.69, 9.17) is 0 Å². The Morgan fingerprint density at radius 1 is 1.54 bits per heavy atom. The lowest BCUT2D eigenvalue weighted by atomic mass is 10.0. The first-order chi connectivity index (χ1) is 6.22. The van der Waals surface area contributed by atoms with Crippen LogP contribution in [0.5, 0.6) is 0 Å². The molecule has 2 heteroatoms. The van der Waals surface area contributed by atoms with Crippen molar-refractivity contribution in [3.63, 3.8) is 0 Å². The normalized spacial score (nSPS) is 21.6. The van der Waals surface area contributed by atoms with Crippen LogP contribution in [0.1, 0.15) is 37.5 Å². The molecule has 0 fully saturated rings. The Bertz CT molecular complexity index is 312. The van der Waals surface area contributed by atoms with E-state index >= 15 is 0 Å². The van der Waals surface area contributed by atoms with Crippen molar-refractivity contribution < 1.29 is 0 Å². The zero-order chi connectivity index (χ0) is 9.42. The molecule has 1 unspecified atom stereocenters. The second-order valence-corrected chi connectivity index (χ2v) is 4.16. The van der Waals surface area contributed by atoms with Gasteiger partial charge in [0.15, 0.2) is 0 Å². The van der Waals surface area contributed by atoms with Crippen LogP contribution >= 0.6 is 0 Å². The molecule has 1 aliphatic rings. The average Bonchev–Trinajstić information content (AvgIpc) is 2.42. The van der Waals surface area contributed by atoms with E-state index in [1.807, 2.05) is 0 Å². The third-order valence-corrected chi connectivity index (χ3v) is 3.11. The summed E-state index contributed by atoms with van der Waals surface area (Å²) in [5, 5.41) is 0. The summed E-state index contributed by atoms with van der Waals surface area (Å²) in [6.45, 7) is 7.88. The van der Waals surface area contributed by atoms with E-state index in [1.54, 1.807) is 0 Å². The van der Waals surface area contributed by atoms with Crippen LogP contribution in [-0.2, 0) is 19.4 Å². The van der Waals surface area contributed by atoms with Crippen LogP contribution in [0.3, 0.4) is 0 Å². The van der Waals surface area contributed by atoms with Gasteiger partial charge in [-0.3, -0.25) is 0 Å². The van der Waals surface area contributed by atoms with Gasteiger partial charge in [-0.15, -0.1) is 0 Å². The molecule has 0 saturated heterocycles. The van der Waals surface area contributed by atoms with Gasteiger partial charge in [-0.25, -0.2) is 4.98 Å². The Hall–Kier alpha value is -0.790. The van der Waals surface area contributed by atoms with E-state index in [0.717, 1.165) is 12.3 Å². The molecule has 2 heterocycles. The molecule has 72 valence electrons. The molecule has 0 aromatic carbocycles. The van der Waals surface area contributed by atoms with Crippen LogP contribution in [0.15, 0.2) is 0 Å². The van der Waals surface area contributed by atoms with Crippen LogP contribution in [0.4, 0.5) is 0 Å². The first-order valence-electron chi connectivity index (χ1n) is 5.27. The summed E-state index contributed by atoms with van der Waals surface area (Å²) in [7, 11) is 0. The van der Waals surface area contributed by atoms with Crippen molar-refractivity contribution >= 4 is 0 Å². The number of hydrogen-bond acceptors (Lipinski definition) is 1. The molecule has 1 aliphatic heterocycles. The third kappa shape index (κ3) is 1.38. The minimum Gasteiger partial charge on any atom is -0.332 e. The first-order valence-corrected chi connectivity index (χ1v) is 5.27. The highest BCUT2D eigenvalue weighted by atomic mass is 15.1. The second kappa shape index (κ2) is 3.17. The molecule has 13 heavy (non-hydrogen) atoms. The minimum atomic E-state index is 0.819. The van der Waals surface area contributed by atoms with E-state index in [-0.39, 0.29) is 0 Å². The SMILES string of the molecule is CCc1nc2n(c1C)CCC(C)C2. The smallest absolute Gasteiger partial charge is 0.109 e. The fraction of sp³-hybridized carbons (Fsp3) is 0.727. The van der Waals surface area contributed by atoms with Crippen LogP contribution in [0, 0.1) is 12.8 Å². The summed E-state index contributed by atoms with van der Waals surface area (Å²) < 4.78 is 2.40. The van der Waals surface area contributed by atoms with Crippen molar-refractivity contribution in [3.05, 3.63) is 17.2 Å². The molecule has 0 amide bonds. The van der Waals surface area contributed by atoms with Crippen molar-refractivity contribution in [1.82, 2.24) is 9.55 Å². The van der Waals surface area contributed by atoms with Gasteiger partial charge >= 0.3 is 0 Å². The van der Waals surface area contributed by atoms with Gasteiger partial charge in [-0.1, -0.05) is 13.8 Å². The van der Waals surface area contributed by atoms with Gasteiger partial charge in [-0.2, -0.15) is 0 Å². The average molecular weight is 178 g/mol. The molecule has 0 saturated carbocycles. The maximum Gasteiger partial charge on any atom is 0.109 e. The molecule has 1 atom stereocenters. The van der Waals surface area contributed by atoms with Crippen molar-refractivity contribution in [3.8, 4) is 0 Å². The minimum absolute atomic E-state index is 0.819. The number of nitrogens with zero attached hydrogens (tertiary/aromatic N) is 2. The highest BCUT2D eigenvalue weighted by Gasteiger charge is 2.19. The molecule has 2 rings (SSSR count). The number of aromatic nitrogens is 2. The Kier molecular flexibility index (Phi) is 2.14. The largest absolute Gasteiger partial charge is 0.332 e. The Morgan fingerprint density at radius 2 is 2.31 bits per heavy atom. The summed E-state index contributed by atoms with van der Waals surface area (Å²) in [5.41, 5.74) is 2.69. The van der Waals surface area contributed by atoms with Gasteiger partial charge in [0, 0.05) is 18.7 Å². The number of fused-ring (bicyclic) bond motifs is 1. The lowest BCUT2D eigenvalue weighted by molar-refractivity contribution is 0.405. The fourth-order valence-corrected chi connectivity index (χ4v) is 2.20.